The topological polar surface area (TPSA) is 54.3 Å². The van der Waals surface area contributed by atoms with Crippen LogP contribution in [0.25, 0.3) is 11.1 Å². The number of fused-ring (bicyclic) bond motifs is 1. The molecular formula is C20H30NO3+. The summed E-state index contributed by atoms with van der Waals surface area (Å²) in [6.45, 7) is 2.95. The zero-order valence-corrected chi connectivity index (χ0v) is 14.8. The summed E-state index contributed by atoms with van der Waals surface area (Å²) in [5, 5.41) is 9.31. The fraction of sp³-hybridized carbons (Fsp3) is 0.600. The minimum absolute atomic E-state index is 0.0344. The fourth-order valence-electron chi connectivity index (χ4n) is 3.17. The van der Waals surface area contributed by atoms with E-state index in [1.165, 1.54) is 51.4 Å². The van der Waals surface area contributed by atoms with Gasteiger partial charge < -0.3 is 9.52 Å². The van der Waals surface area contributed by atoms with Gasteiger partial charge in [-0.15, -0.1) is 0 Å². The maximum Gasteiger partial charge on any atom is 0.462 e. The molecule has 1 aromatic heterocycles. The van der Waals surface area contributed by atoms with E-state index in [9.17, 15) is 9.90 Å². The smallest absolute Gasteiger partial charge is 0.462 e. The first-order chi connectivity index (χ1) is 11.7. The van der Waals surface area contributed by atoms with Gasteiger partial charge in [0.1, 0.15) is 0 Å². The summed E-state index contributed by atoms with van der Waals surface area (Å²) in [4.78, 5) is 11.4. The highest BCUT2D eigenvalue weighted by atomic mass is 16.4. The molecule has 1 aromatic carbocycles. The van der Waals surface area contributed by atoms with Crippen molar-refractivity contribution in [1.82, 2.24) is 0 Å². The van der Waals surface area contributed by atoms with Crippen LogP contribution in [0.15, 0.2) is 28.7 Å². The number of hydrogen-bond donors (Lipinski definition) is 1. The number of para-hydroxylation sites is 2. The van der Waals surface area contributed by atoms with E-state index in [0.717, 1.165) is 18.4 Å². The molecule has 0 saturated heterocycles. The zero-order chi connectivity index (χ0) is 17.2. The monoisotopic (exact) mass is 332 g/mol. The molecular weight excluding hydrogens is 302 g/mol. The van der Waals surface area contributed by atoms with E-state index in [1.54, 1.807) is 4.57 Å². The van der Waals surface area contributed by atoms with Crippen molar-refractivity contribution < 1.29 is 18.9 Å². The van der Waals surface area contributed by atoms with Gasteiger partial charge in [-0.3, -0.25) is 0 Å². The van der Waals surface area contributed by atoms with Crippen LogP contribution < -0.4 is 4.57 Å². The van der Waals surface area contributed by atoms with Gasteiger partial charge in [-0.1, -0.05) is 70.4 Å². The second kappa shape index (κ2) is 10.1. The number of aryl methyl sites for hydroxylation is 1. The van der Waals surface area contributed by atoms with E-state index in [0.29, 0.717) is 12.1 Å². The predicted molar refractivity (Wildman–Crippen MR) is 95.2 cm³/mol. The lowest BCUT2D eigenvalue weighted by atomic mass is 10.1. The van der Waals surface area contributed by atoms with Crippen LogP contribution in [0.5, 0.6) is 0 Å². The Kier molecular flexibility index (Phi) is 7.80. The number of benzene rings is 1. The van der Waals surface area contributed by atoms with Crippen molar-refractivity contribution >= 4 is 17.1 Å². The van der Waals surface area contributed by atoms with Crippen LogP contribution in [0.1, 0.15) is 81.8 Å². The lowest BCUT2D eigenvalue weighted by Crippen LogP contribution is -2.38. The summed E-state index contributed by atoms with van der Waals surface area (Å²) < 4.78 is 7.26. The Balaban J connectivity index is 1.72. The summed E-state index contributed by atoms with van der Waals surface area (Å²) in [6, 6.07) is 7.51. The molecule has 0 amide bonds. The molecule has 0 bridgehead atoms. The number of aromatic carboxylic acids is 1. The summed E-state index contributed by atoms with van der Waals surface area (Å²) in [5.41, 5.74) is 1.51. The van der Waals surface area contributed by atoms with Crippen molar-refractivity contribution in [3.63, 3.8) is 0 Å². The summed E-state index contributed by atoms with van der Waals surface area (Å²) in [5.74, 6) is -0.967. The van der Waals surface area contributed by atoms with Crippen molar-refractivity contribution in [2.45, 2.75) is 77.7 Å². The number of rotatable bonds is 12. The number of hydrogen-bond acceptors (Lipinski definition) is 2. The SMILES string of the molecule is CCCCCCCCCCCC[n+]1c(C(=O)O)oc2ccccc21. The molecule has 1 N–H and O–H groups in total. The van der Waals surface area contributed by atoms with E-state index >= 15 is 0 Å². The van der Waals surface area contributed by atoms with Gasteiger partial charge in [-0.2, -0.15) is 4.57 Å². The average molecular weight is 332 g/mol. The van der Waals surface area contributed by atoms with E-state index in [2.05, 4.69) is 6.92 Å². The van der Waals surface area contributed by atoms with E-state index in [-0.39, 0.29) is 5.89 Å². The summed E-state index contributed by atoms with van der Waals surface area (Å²) in [7, 11) is 0. The minimum atomic E-state index is -1.00. The number of unbranched alkanes of at least 4 members (excludes halogenated alkanes) is 9. The Morgan fingerprint density at radius 1 is 0.958 bits per heavy atom. The van der Waals surface area contributed by atoms with Crippen LogP contribution in [-0.2, 0) is 6.54 Å². The summed E-state index contributed by atoms with van der Waals surface area (Å²) in [6.07, 6.45) is 12.7. The van der Waals surface area contributed by atoms with Crippen molar-refractivity contribution in [3.05, 3.63) is 30.2 Å². The Morgan fingerprint density at radius 2 is 1.54 bits per heavy atom. The minimum Gasteiger partial charge on any atom is -0.471 e. The van der Waals surface area contributed by atoms with Gasteiger partial charge in [0, 0.05) is 12.5 Å². The first-order valence-corrected chi connectivity index (χ1v) is 9.38. The molecule has 0 radical (unpaired) electrons. The number of carboxylic acid groups (broad SMARTS) is 1. The molecule has 2 rings (SSSR count). The molecule has 0 aliphatic rings. The second-order valence-electron chi connectivity index (χ2n) is 6.51. The average Bonchev–Trinajstić information content (AvgIpc) is 2.96. The molecule has 4 heteroatoms. The highest BCUT2D eigenvalue weighted by Gasteiger charge is 2.27. The molecule has 0 unspecified atom stereocenters. The Morgan fingerprint density at radius 3 is 2.17 bits per heavy atom. The van der Waals surface area contributed by atoms with Crippen LogP contribution in [0.2, 0.25) is 0 Å². The highest BCUT2D eigenvalue weighted by molar-refractivity contribution is 5.83. The molecule has 24 heavy (non-hydrogen) atoms. The molecule has 2 aromatic rings. The summed E-state index contributed by atoms with van der Waals surface area (Å²) >= 11 is 0. The molecule has 0 aliphatic heterocycles. The Hall–Kier alpha value is -1.84. The number of aromatic nitrogens is 1. The van der Waals surface area contributed by atoms with Crippen LogP contribution in [0.4, 0.5) is 0 Å². The largest absolute Gasteiger partial charge is 0.471 e. The number of carboxylic acids is 1. The second-order valence-corrected chi connectivity index (χ2v) is 6.51. The lowest BCUT2D eigenvalue weighted by molar-refractivity contribution is -0.679. The van der Waals surface area contributed by atoms with Gasteiger partial charge in [0.25, 0.3) is 5.52 Å². The standard InChI is InChI=1S/C20H29NO3/c1-2-3-4-5-6-7-8-9-10-13-16-21-17-14-11-12-15-18(17)24-19(21)20(22)23/h11-12,14-15H,2-10,13,16H2,1H3/p+1. The molecule has 0 atom stereocenters. The zero-order valence-electron chi connectivity index (χ0n) is 14.8. The molecule has 0 fully saturated rings. The first-order valence-electron chi connectivity index (χ1n) is 9.38. The van der Waals surface area contributed by atoms with Crippen LogP contribution in [-0.4, -0.2) is 11.1 Å². The van der Waals surface area contributed by atoms with Gasteiger partial charge in [0.05, 0.1) is 0 Å². The fourth-order valence-corrected chi connectivity index (χ4v) is 3.17. The third-order valence-electron chi connectivity index (χ3n) is 4.53. The van der Waals surface area contributed by atoms with Gasteiger partial charge >= 0.3 is 11.9 Å². The van der Waals surface area contributed by atoms with Crippen LogP contribution in [0.3, 0.4) is 0 Å². The lowest BCUT2D eigenvalue weighted by Gasteiger charge is -2.01. The van der Waals surface area contributed by atoms with Crippen LogP contribution >= 0.6 is 0 Å². The Bertz CT molecular complexity index is 633. The molecule has 0 saturated carbocycles. The highest BCUT2D eigenvalue weighted by Crippen LogP contribution is 2.15. The van der Waals surface area contributed by atoms with Gasteiger partial charge in [-0.05, 0) is 12.5 Å². The quantitative estimate of drug-likeness (QED) is 0.421. The maximum absolute atomic E-state index is 11.4. The molecule has 0 aliphatic carbocycles. The van der Waals surface area contributed by atoms with E-state index < -0.39 is 5.97 Å². The van der Waals surface area contributed by atoms with Crippen molar-refractivity contribution in [3.8, 4) is 0 Å². The van der Waals surface area contributed by atoms with Gasteiger partial charge in [-0.25, -0.2) is 4.79 Å². The molecule has 1 heterocycles. The van der Waals surface area contributed by atoms with Crippen molar-refractivity contribution in [1.29, 1.82) is 0 Å². The van der Waals surface area contributed by atoms with Gasteiger partial charge in [0.15, 0.2) is 6.54 Å². The van der Waals surface area contributed by atoms with Crippen molar-refractivity contribution in [2.75, 3.05) is 0 Å². The van der Waals surface area contributed by atoms with Crippen molar-refractivity contribution in [2.24, 2.45) is 0 Å². The third-order valence-corrected chi connectivity index (χ3v) is 4.53. The van der Waals surface area contributed by atoms with E-state index in [1.807, 2.05) is 24.3 Å². The number of nitrogens with zero attached hydrogens (tertiary/aromatic N) is 1. The molecule has 4 nitrogen and oxygen atoms in total. The predicted octanol–water partition coefficient (Wildman–Crippen LogP) is 5.34. The number of oxazole rings is 1. The Labute approximate surface area is 144 Å². The maximum atomic E-state index is 11.4. The van der Waals surface area contributed by atoms with Crippen LogP contribution in [0, 0.1) is 0 Å². The normalized spacial score (nSPS) is 11.2. The van der Waals surface area contributed by atoms with E-state index in [4.69, 9.17) is 4.42 Å². The molecule has 132 valence electrons. The third kappa shape index (κ3) is 5.36. The number of carbonyl (C=O) groups is 1. The first kappa shape index (κ1) is 18.5. The van der Waals surface area contributed by atoms with Gasteiger partial charge in [0.2, 0.25) is 5.58 Å². The molecule has 0 spiro atoms.